The molecule has 0 saturated carbocycles. The number of halogens is 1. The van der Waals surface area contributed by atoms with Gasteiger partial charge in [-0.15, -0.1) is 0 Å². The summed E-state index contributed by atoms with van der Waals surface area (Å²) in [7, 11) is 1.50. The topological polar surface area (TPSA) is 55.8 Å². The normalized spacial score (nSPS) is 32.8. The number of aryl methyl sites for hydroxylation is 1. The fourth-order valence-electron chi connectivity index (χ4n) is 3.94. The molecule has 1 aromatic rings. The van der Waals surface area contributed by atoms with E-state index in [0.717, 1.165) is 18.4 Å². The largest absolute Gasteiger partial charge is 0.495 e. The second-order valence-electron chi connectivity index (χ2n) is 6.13. The van der Waals surface area contributed by atoms with Gasteiger partial charge in [0, 0.05) is 11.1 Å². The number of carbonyl (C=O) groups is 2. The highest BCUT2D eigenvalue weighted by molar-refractivity contribution is 6.32. The van der Waals surface area contributed by atoms with Crippen molar-refractivity contribution in [3.63, 3.8) is 0 Å². The summed E-state index contributed by atoms with van der Waals surface area (Å²) in [4.78, 5) is 26.8. The Morgan fingerprint density at radius 3 is 2.32 bits per heavy atom. The average molecular weight is 322 g/mol. The molecule has 6 heteroatoms. The fourth-order valence-corrected chi connectivity index (χ4v) is 4.09. The molecule has 2 bridgehead atoms. The van der Waals surface area contributed by atoms with E-state index < -0.39 is 0 Å². The van der Waals surface area contributed by atoms with Gasteiger partial charge in [-0.3, -0.25) is 9.59 Å². The zero-order chi connectivity index (χ0) is 15.6. The maximum atomic E-state index is 12.8. The number of carbonyl (C=O) groups excluding carboxylic acids is 2. The van der Waals surface area contributed by atoms with Crippen molar-refractivity contribution in [2.45, 2.75) is 32.0 Å². The van der Waals surface area contributed by atoms with Crippen molar-refractivity contribution >= 4 is 29.1 Å². The Balaban J connectivity index is 1.79. The molecule has 22 heavy (non-hydrogen) atoms. The Kier molecular flexibility index (Phi) is 3.00. The Morgan fingerprint density at radius 2 is 1.77 bits per heavy atom. The molecule has 3 saturated heterocycles. The predicted molar refractivity (Wildman–Crippen MR) is 80.1 cm³/mol. The van der Waals surface area contributed by atoms with E-state index in [-0.39, 0.29) is 35.9 Å². The molecule has 5 nitrogen and oxygen atoms in total. The second kappa shape index (κ2) is 4.70. The quantitative estimate of drug-likeness (QED) is 0.784. The monoisotopic (exact) mass is 321 g/mol. The summed E-state index contributed by atoms with van der Waals surface area (Å²) in [6.45, 7) is 1.84. The lowest BCUT2D eigenvalue weighted by atomic mass is 9.81. The lowest BCUT2D eigenvalue weighted by Gasteiger charge is -2.21. The van der Waals surface area contributed by atoms with Crippen LogP contribution in [0.4, 0.5) is 5.69 Å². The lowest BCUT2D eigenvalue weighted by molar-refractivity contribution is -0.124. The molecule has 4 rings (SSSR count). The Labute approximate surface area is 133 Å². The molecule has 3 heterocycles. The zero-order valence-corrected chi connectivity index (χ0v) is 13.1. The van der Waals surface area contributed by atoms with E-state index in [1.807, 2.05) is 6.92 Å². The number of anilines is 1. The smallest absolute Gasteiger partial charge is 0.240 e. The highest BCUT2D eigenvalue weighted by Gasteiger charge is 2.62. The van der Waals surface area contributed by atoms with Crippen LogP contribution in [0, 0.1) is 18.8 Å². The molecule has 0 spiro atoms. The van der Waals surface area contributed by atoms with Crippen LogP contribution >= 0.6 is 11.6 Å². The third kappa shape index (κ3) is 1.69. The van der Waals surface area contributed by atoms with Crippen molar-refractivity contribution < 1.29 is 19.1 Å². The zero-order valence-electron chi connectivity index (χ0n) is 12.3. The fraction of sp³-hybridized carbons (Fsp3) is 0.500. The Bertz CT molecular complexity index is 661. The van der Waals surface area contributed by atoms with Crippen molar-refractivity contribution in [2.24, 2.45) is 11.8 Å². The van der Waals surface area contributed by atoms with Gasteiger partial charge in [0.05, 0.1) is 36.8 Å². The van der Waals surface area contributed by atoms with Gasteiger partial charge in [0.15, 0.2) is 0 Å². The van der Waals surface area contributed by atoms with Gasteiger partial charge in [0.25, 0.3) is 0 Å². The number of benzene rings is 1. The molecule has 0 unspecified atom stereocenters. The van der Waals surface area contributed by atoms with Gasteiger partial charge in [-0.05, 0) is 31.4 Å². The minimum absolute atomic E-state index is 0.115. The number of rotatable bonds is 2. The highest BCUT2D eigenvalue weighted by Crippen LogP contribution is 2.50. The Morgan fingerprint density at radius 1 is 1.18 bits per heavy atom. The number of hydrogen-bond acceptors (Lipinski definition) is 4. The SMILES string of the molecule is COc1cc(Cl)c(C)cc1N1C(=O)[C@@H]2[C@H](C1=O)[C@H]1CC[C@@H]2O1. The number of ether oxygens (including phenoxy) is 2. The summed E-state index contributed by atoms with van der Waals surface area (Å²) in [5.74, 6) is -0.603. The first-order chi connectivity index (χ1) is 10.5. The van der Waals surface area contributed by atoms with Gasteiger partial charge < -0.3 is 9.47 Å². The van der Waals surface area contributed by atoms with Gasteiger partial charge in [-0.2, -0.15) is 0 Å². The Hall–Kier alpha value is -1.59. The minimum Gasteiger partial charge on any atom is -0.495 e. The summed E-state index contributed by atoms with van der Waals surface area (Å²) < 4.78 is 11.1. The molecular weight excluding hydrogens is 306 g/mol. The average Bonchev–Trinajstić information content (AvgIpc) is 3.16. The van der Waals surface area contributed by atoms with Gasteiger partial charge in [-0.1, -0.05) is 11.6 Å². The molecular formula is C16H16ClNO4. The number of amides is 2. The maximum absolute atomic E-state index is 12.8. The van der Waals surface area contributed by atoms with Crippen LogP contribution in [-0.4, -0.2) is 31.1 Å². The van der Waals surface area contributed by atoms with Gasteiger partial charge in [-0.25, -0.2) is 4.90 Å². The van der Waals surface area contributed by atoms with Crippen molar-refractivity contribution in [3.05, 3.63) is 22.7 Å². The van der Waals surface area contributed by atoms with Crippen LogP contribution in [-0.2, 0) is 14.3 Å². The maximum Gasteiger partial charge on any atom is 0.240 e. The molecule has 3 aliphatic heterocycles. The number of nitrogens with zero attached hydrogens (tertiary/aromatic N) is 1. The van der Waals surface area contributed by atoms with Gasteiger partial charge in [0.1, 0.15) is 5.75 Å². The number of methoxy groups -OCH3 is 1. The molecule has 1 aromatic carbocycles. The van der Waals surface area contributed by atoms with Crippen LogP contribution in [0.2, 0.25) is 5.02 Å². The van der Waals surface area contributed by atoms with Crippen molar-refractivity contribution in [2.75, 3.05) is 12.0 Å². The predicted octanol–water partition coefficient (Wildman–Crippen LogP) is 2.32. The van der Waals surface area contributed by atoms with E-state index in [1.54, 1.807) is 12.1 Å². The van der Waals surface area contributed by atoms with Crippen LogP contribution in [0.3, 0.4) is 0 Å². The van der Waals surface area contributed by atoms with Crippen LogP contribution in [0.15, 0.2) is 12.1 Å². The number of fused-ring (bicyclic) bond motifs is 5. The van der Waals surface area contributed by atoms with Crippen molar-refractivity contribution in [3.8, 4) is 5.75 Å². The van der Waals surface area contributed by atoms with Crippen molar-refractivity contribution in [1.29, 1.82) is 0 Å². The van der Waals surface area contributed by atoms with Crippen LogP contribution in [0.25, 0.3) is 0 Å². The molecule has 4 atom stereocenters. The number of imide groups is 1. The third-order valence-electron chi connectivity index (χ3n) is 4.99. The number of hydrogen-bond donors (Lipinski definition) is 0. The third-order valence-corrected chi connectivity index (χ3v) is 5.39. The second-order valence-corrected chi connectivity index (χ2v) is 6.53. The summed E-state index contributed by atoms with van der Waals surface area (Å²) in [5, 5.41) is 0.545. The highest BCUT2D eigenvalue weighted by atomic mass is 35.5. The van der Waals surface area contributed by atoms with E-state index in [2.05, 4.69) is 0 Å². The van der Waals surface area contributed by atoms with Gasteiger partial charge in [0.2, 0.25) is 11.8 Å². The molecule has 0 radical (unpaired) electrons. The first kappa shape index (κ1) is 14.0. The van der Waals surface area contributed by atoms with E-state index in [4.69, 9.17) is 21.1 Å². The van der Waals surface area contributed by atoms with Crippen LogP contribution in [0.1, 0.15) is 18.4 Å². The van der Waals surface area contributed by atoms with Crippen molar-refractivity contribution in [1.82, 2.24) is 0 Å². The molecule has 3 aliphatic rings. The first-order valence-electron chi connectivity index (χ1n) is 7.40. The lowest BCUT2D eigenvalue weighted by Crippen LogP contribution is -2.34. The summed E-state index contributed by atoms with van der Waals surface area (Å²) in [5.41, 5.74) is 1.28. The van der Waals surface area contributed by atoms with E-state index in [1.165, 1.54) is 12.0 Å². The summed E-state index contributed by atoms with van der Waals surface area (Å²) >= 11 is 6.11. The van der Waals surface area contributed by atoms with Gasteiger partial charge >= 0.3 is 0 Å². The molecule has 0 aromatic heterocycles. The van der Waals surface area contributed by atoms with E-state index >= 15 is 0 Å². The molecule has 2 amide bonds. The summed E-state index contributed by atoms with van der Waals surface area (Å²) in [6, 6.07) is 3.38. The molecule has 116 valence electrons. The molecule has 0 N–H and O–H groups in total. The van der Waals surface area contributed by atoms with E-state index in [0.29, 0.717) is 16.5 Å². The molecule has 0 aliphatic carbocycles. The standard InChI is InChI=1S/C16H16ClNO4/c1-7-5-9(12(21-2)6-8(7)17)18-15(19)13-10-3-4-11(22-10)14(13)16(18)20/h5-6,10-11,13-14H,3-4H2,1-2H3/t10-,11+,13-,14+. The first-order valence-corrected chi connectivity index (χ1v) is 7.78. The van der Waals surface area contributed by atoms with Crippen LogP contribution in [0.5, 0.6) is 5.75 Å². The minimum atomic E-state index is -0.341. The molecule has 3 fully saturated rings. The van der Waals surface area contributed by atoms with E-state index in [9.17, 15) is 9.59 Å². The van der Waals surface area contributed by atoms with Crippen LogP contribution < -0.4 is 9.64 Å². The summed E-state index contributed by atoms with van der Waals surface area (Å²) in [6.07, 6.45) is 1.48.